The second-order valence-corrected chi connectivity index (χ2v) is 3.05. The minimum atomic E-state index is 0.290. The smallest absolute Gasteiger partial charge is 0.0667 e. The van der Waals surface area contributed by atoms with Crippen LogP contribution in [-0.4, -0.2) is 45.3 Å². The van der Waals surface area contributed by atoms with Crippen molar-refractivity contribution in [2.45, 2.75) is 13.0 Å². The van der Waals surface area contributed by atoms with Crippen molar-refractivity contribution in [1.29, 1.82) is 0 Å². The van der Waals surface area contributed by atoms with Crippen molar-refractivity contribution in [3.05, 3.63) is 12.3 Å². The van der Waals surface area contributed by atoms with Gasteiger partial charge in [0.15, 0.2) is 0 Å². The van der Waals surface area contributed by atoms with Crippen LogP contribution in [0.4, 0.5) is 0 Å². The molecule has 0 fully saturated rings. The maximum atomic E-state index is 5.08. The molecule has 0 aliphatic carbocycles. The summed E-state index contributed by atoms with van der Waals surface area (Å²) in [5.41, 5.74) is 0. The van der Waals surface area contributed by atoms with Crippen molar-refractivity contribution in [2.75, 3.05) is 34.3 Å². The van der Waals surface area contributed by atoms with Gasteiger partial charge in [-0.3, -0.25) is 0 Å². The Hall–Kier alpha value is -0.540. The summed E-state index contributed by atoms with van der Waals surface area (Å²) in [4.78, 5) is 2.02. The lowest BCUT2D eigenvalue weighted by molar-refractivity contribution is 0.118. The summed E-state index contributed by atoms with van der Waals surface area (Å²) in [6.07, 6.45) is 4.41. The van der Waals surface area contributed by atoms with E-state index in [0.29, 0.717) is 0 Å². The van der Waals surface area contributed by atoms with Crippen LogP contribution in [0.25, 0.3) is 0 Å². The van der Waals surface area contributed by atoms with E-state index in [2.05, 4.69) is 11.4 Å². The normalized spacial score (nSPS) is 13.7. The molecule has 0 rings (SSSR count). The zero-order chi connectivity index (χ0) is 9.40. The third-order valence-corrected chi connectivity index (χ3v) is 1.50. The van der Waals surface area contributed by atoms with Crippen LogP contribution in [0.5, 0.6) is 0 Å². The van der Waals surface area contributed by atoms with Crippen LogP contribution in [0, 0.1) is 0 Å². The van der Waals surface area contributed by atoms with E-state index in [-0.39, 0.29) is 6.10 Å². The van der Waals surface area contributed by atoms with Crippen LogP contribution in [0.3, 0.4) is 0 Å². The van der Waals surface area contributed by atoms with Crippen molar-refractivity contribution in [3.8, 4) is 0 Å². The third kappa shape index (κ3) is 7.57. The topological polar surface area (TPSA) is 24.5 Å². The van der Waals surface area contributed by atoms with Crippen LogP contribution < -0.4 is 5.32 Å². The van der Waals surface area contributed by atoms with Crippen molar-refractivity contribution < 1.29 is 4.74 Å². The lowest BCUT2D eigenvalue weighted by Crippen LogP contribution is -2.26. The van der Waals surface area contributed by atoms with Crippen LogP contribution in [0.15, 0.2) is 12.3 Å². The van der Waals surface area contributed by atoms with Crippen molar-refractivity contribution in [2.24, 2.45) is 0 Å². The Balaban J connectivity index is 3.21. The summed E-state index contributed by atoms with van der Waals surface area (Å²) < 4.78 is 5.08. The van der Waals surface area contributed by atoms with E-state index in [9.17, 15) is 0 Å². The predicted molar refractivity (Wildman–Crippen MR) is 52.2 cm³/mol. The molecule has 0 amide bonds. The molecule has 0 saturated heterocycles. The lowest BCUT2D eigenvalue weighted by Gasteiger charge is -2.09. The van der Waals surface area contributed by atoms with Gasteiger partial charge in [-0.2, -0.15) is 0 Å². The Labute approximate surface area is 75.4 Å². The van der Waals surface area contributed by atoms with Gasteiger partial charge in [0, 0.05) is 34.3 Å². The molecule has 1 unspecified atom stereocenters. The Morgan fingerprint density at radius 1 is 1.50 bits per heavy atom. The molecular formula is C9H20N2O. The van der Waals surface area contributed by atoms with E-state index >= 15 is 0 Å². The molecule has 0 aromatic rings. The summed E-state index contributed by atoms with van der Waals surface area (Å²) in [6, 6.07) is 0. The van der Waals surface area contributed by atoms with Gasteiger partial charge in [-0.25, -0.2) is 0 Å². The van der Waals surface area contributed by atoms with Gasteiger partial charge in [0.05, 0.1) is 6.10 Å². The summed E-state index contributed by atoms with van der Waals surface area (Å²) in [5.74, 6) is 0. The fourth-order valence-electron chi connectivity index (χ4n) is 0.717. The number of hydrogen-bond acceptors (Lipinski definition) is 3. The molecule has 0 bridgehead atoms. The van der Waals surface area contributed by atoms with E-state index < -0.39 is 0 Å². The molecule has 1 N–H and O–H groups in total. The quantitative estimate of drug-likeness (QED) is 0.596. The highest BCUT2D eigenvalue weighted by Gasteiger charge is 1.94. The average molecular weight is 172 g/mol. The van der Waals surface area contributed by atoms with Crippen molar-refractivity contribution in [1.82, 2.24) is 10.2 Å². The first-order valence-electron chi connectivity index (χ1n) is 4.23. The number of rotatable bonds is 6. The second-order valence-electron chi connectivity index (χ2n) is 3.05. The number of nitrogens with zero attached hydrogens (tertiary/aromatic N) is 1. The Kier molecular flexibility index (Phi) is 6.81. The van der Waals surface area contributed by atoms with Gasteiger partial charge in [0.2, 0.25) is 0 Å². The highest BCUT2D eigenvalue weighted by Crippen LogP contribution is 1.83. The molecule has 3 heteroatoms. The summed E-state index contributed by atoms with van der Waals surface area (Å²) >= 11 is 0. The summed E-state index contributed by atoms with van der Waals surface area (Å²) in [5, 5.41) is 3.25. The summed E-state index contributed by atoms with van der Waals surface area (Å²) in [6.45, 7) is 3.84. The van der Waals surface area contributed by atoms with Crippen LogP contribution in [0.2, 0.25) is 0 Å². The van der Waals surface area contributed by atoms with E-state index in [4.69, 9.17) is 4.74 Å². The number of methoxy groups -OCH3 is 1. The first-order valence-corrected chi connectivity index (χ1v) is 4.23. The minimum Gasteiger partial charge on any atom is -0.384 e. The van der Waals surface area contributed by atoms with Crippen molar-refractivity contribution >= 4 is 0 Å². The first kappa shape index (κ1) is 11.5. The molecule has 0 radical (unpaired) electrons. The molecule has 12 heavy (non-hydrogen) atoms. The van der Waals surface area contributed by atoms with Gasteiger partial charge in [-0.05, 0) is 13.1 Å². The fraction of sp³-hybridized carbons (Fsp3) is 0.778. The zero-order valence-corrected chi connectivity index (χ0v) is 8.50. The minimum absolute atomic E-state index is 0.290. The van der Waals surface area contributed by atoms with Gasteiger partial charge in [0.1, 0.15) is 0 Å². The second kappa shape index (κ2) is 7.13. The molecule has 0 aromatic heterocycles. The van der Waals surface area contributed by atoms with Gasteiger partial charge < -0.3 is 15.0 Å². The molecule has 0 aliphatic heterocycles. The Morgan fingerprint density at radius 2 is 2.17 bits per heavy atom. The molecule has 0 aromatic carbocycles. The fourth-order valence-corrected chi connectivity index (χ4v) is 0.717. The van der Waals surface area contributed by atoms with Gasteiger partial charge in [-0.1, -0.05) is 6.08 Å². The van der Waals surface area contributed by atoms with E-state index in [1.54, 1.807) is 7.11 Å². The molecule has 0 heterocycles. The largest absolute Gasteiger partial charge is 0.384 e. The van der Waals surface area contributed by atoms with Crippen LogP contribution in [-0.2, 0) is 4.74 Å². The van der Waals surface area contributed by atoms with E-state index in [0.717, 1.165) is 13.1 Å². The molecule has 3 nitrogen and oxygen atoms in total. The maximum Gasteiger partial charge on any atom is 0.0667 e. The molecule has 0 saturated carbocycles. The molecule has 0 spiro atoms. The average Bonchev–Trinajstić information content (AvgIpc) is 2.03. The highest BCUT2D eigenvalue weighted by molar-refractivity contribution is 4.81. The Bertz CT molecular complexity index is 124. The van der Waals surface area contributed by atoms with Gasteiger partial charge in [-0.15, -0.1) is 0 Å². The molecular weight excluding hydrogens is 152 g/mol. The van der Waals surface area contributed by atoms with Crippen molar-refractivity contribution in [3.63, 3.8) is 0 Å². The van der Waals surface area contributed by atoms with E-state index in [1.807, 2.05) is 32.1 Å². The SMILES string of the molecule is COC(C)CNC/C=C/N(C)C. The summed E-state index contributed by atoms with van der Waals surface area (Å²) in [7, 11) is 5.74. The molecule has 1 atom stereocenters. The van der Waals surface area contributed by atoms with Crippen LogP contribution in [0.1, 0.15) is 6.92 Å². The van der Waals surface area contributed by atoms with Gasteiger partial charge in [0.25, 0.3) is 0 Å². The predicted octanol–water partition coefficient (Wildman–Crippen LogP) is 0.686. The molecule has 0 aliphatic rings. The third-order valence-electron chi connectivity index (χ3n) is 1.50. The number of hydrogen-bond donors (Lipinski definition) is 1. The number of nitrogens with one attached hydrogen (secondary N) is 1. The maximum absolute atomic E-state index is 5.08. The molecule has 72 valence electrons. The Morgan fingerprint density at radius 3 is 2.67 bits per heavy atom. The van der Waals surface area contributed by atoms with E-state index in [1.165, 1.54) is 0 Å². The highest BCUT2D eigenvalue weighted by atomic mass is 16.5. The monoisotopic (exact) mass is 172 g/mol. The lowest BCUT2D eigenvalue weighted by atomic mass is 10.4. The van der Waals surface area contributed by atoms with Gasteiger partial charge >= 0.3 is 0 Å². The number of ether oxygens (including phenoxy) is 1. The first-order chi connectivity index (χ1) is 5.66. The zero-order valence-electron chi connectivity index (χ0n) is 8.50. The standard InChI is InChI=1S/C9H20N2O/c1-9(12-4)8-10-6-5-7-11(2)3/h5,7,9-10H,6,8H2,1-4H3/b7-5+. The van der Waals surface area contributed by atoms with Crippen LogP contribution >= 0.6 is 0 Å².